The van der Waals surface area contributed by atoms with Crippen molar-refractivity contribution in [1.82, 2.24) is 10.5 Å². The van der Waals surface area contributed by atoms with Crippen LogP contribution in [0.4, 0.5) is 5.69 Å². The Morgan fingerprint density at radius 2 is 1.88 bits per heavy atom. The third-order valence-electron chi connectivity index (χ3n) is 3.56. The Hall–Kier alpha value is -3.61. The van der Waals surface area contributed by atoms with Crippen molar-refractivity contribution >= 4 is 17.5 Å². The minimum Gasteiger partial charge on any atom is -0.497 e. The third-order valence-corrected chi connectivity index (χ3v) is 3.56. The summed E-state index contributed by atoms with van der Waals surface area (Å²) in [7, 11) is 1.57. The highest BCUT2D eigenvalue weighted by atomic mass is 16.5. The van der Waals surface area contributed by atoms with Gasteiger partial charge in [-0.3, -0.25) is 9.59 Å². The minimum absolute atomic E-state index is 0.0929. The van der Waals surface area contributed by atoms with Gasteiger partial charge in [0.25, 0.3) is 5.91 Å². The summed E-state index contributed by atoms with van der Waals surface area (Å²) in [6, 6.07) is 17.7. The molecule has 1 heterocycles. The average molecular weight is 351 g/mol. The molecule has 3 rings (SSSR count). The highest BCUT2D eigenvalue weighted by molar-refractivity contribution is 5.98. The fourth-order valence-electron chi connectivity index (χ4n) is 2.27. The second-order valence-electron chi connectivity index (χ2n) is 5.41. The smallest absolute Gasteiger partial charge is 0.273 e. The molecule has 0 saturated carbocycles. The highest BCUT2D eigenvalue weighted by Gasteiger charge is 2.15. The molecule has 2 amide bonds. The molecule has 7 heteroatoms. The first-order valence-corrected chi connectivity index (χ1v) is 7.90. The number of methoxy groups -OCH3 is 1. The zero-order valence-corrected chi connectivity index (χ0v) is 14.1. The fourth-order valence-corrected chi connectivity index (χ4v) is 2.27. The van der Waals surface area contributed by atoms with Crippen molar-refractivity contribution in [2.24, 2.45) is 0 Å². The molecule has 0 bridgehead atoms. The fraction of sp³-hybridized carbons (Fsp3) is 0.105. The van der Waals surface area contributed by atoms with Gasteiger partial charge in [0.15, 0.2) is 11.5 Å². The SMILES string of the molecule is COc1cccc(-c2cc(C(=O)NCC(=O)Nc3ccccc3)no2)c1. The van der Waals surface area contributed by atoms with Gasteiger partial charge in [-0.1, -0.05) is 35.5 Å². The number of amides is 2. The molecule has 0 radical (unpaired) electrons. The van der Waals surface area contributed by atoms with E-state index in [2.05, 4.69) is 15.8 Å². The van der Waals surface area contributed by atoms with Crippen LogP contribution in [0.15, 0.2) is 65.2 Å². The summed E-state index contributed by atoms with van der Waals surface area (Å²) in [5, 5.41) is 8.94. The molecule has 132 valence electrons. The van der Waals surface area contributed by atoms with Crippen molar-refractivity contribution < 1.29 is 18.8 Å². The molecule has 0 aliphatic heterocycles. The van der Waals surface area contributed by atoms with E-state index in [0.717, 1.165) is 5.56 Å². The second kappa shape index (κ2) is 7.98. The van der Waals surface area contributed by atoms with E-state index < -0.39 is 5.91 Å². The van der Waals surface area contributed by atoms with Crippen LogP contribution in [0.3, 0.4) is 0 Å². The summed E-state index contributed by atoms with van der Waals surface area (Å²) < 4.78 is 10.4. The summed E-state index contributed by atoms with van der Waals surface area (Å²) in [6.07, 6.45) is 0. The maximum Gasteiger partial charge on any atom is 0.273 e. The Labute approximate surface area is 150 Å². The van der Waals surface area contributed by atoms with Gasteiger partial charge < -0.3 is 19.9 Å². The number of benzene rings is 2. The quantitative estimate of drug-likeness (QED) is 0.712. The number of anilines is 1. The number of rotatable bonds is 6. The molecule has 7 nitrogen and oxygen atoms in total. The van der Waals surface area contributed by atoms with Crippen molar-refractivity contribution in [2.45, 2.75) is 0 Å². The second-order valence-corrected chi connectivity index (χ2v) is 5.41. The number of ether oxygens (including phenoxy) is 1. The molecule has 2 aromatic carbocycles. The Morgan fingerprint density at radius 1 is 1.08 bits per heavy atom. The number of hydrogen-bond acceptors (Lipinski definition) is 5. The predicted octanol–water partition coefficient (Wildman–Crippen LogP) is 2.72. The van der Waals surface area contributed by atoms with Gasteiger partial charge >= 0.3 is 0 Å². The van der Waals surface area contributed by atoms with Crippen molar-refractivity contribution in [3.05, 3.63) is 66.4 Å². The maximum absolute atomic E-state index is 12.1. The monoisotopic (exact) mass is 351 g/mol. The standard InChI is InChI=1S/C19H17N3O4/c1-25-15-9-5-6-13(10-15)17-11-16(22-26-17)19(24)20-12-18(23)21-14-7-3-2-4-8-14/h2-11H,12H2,1H3,(H,20,24)(H,21,23). The molecular weight excluding hydrogens is 334 g/mol. The Kier molecular flexibility index (Phi) is 5.28. The Bertz CT molecular complexity index is 906. The number of aromatic nitrogens is 1. The lowest BCUT2D eigenvalue weighted by atomic mass is 10.1. The number of carbonyl (C=O) groups is 2. The van der Waals surface area contributed by atoms with Gasteiger partial charge in [-0.2, -0.15) is 0 Å². The lowest BCUT2D eigenvalue weighted by Crippen LogP contribution is -2.33. The Balaban J connectivity index is 1.58. The predicted molar refractivity (Wildman–Crippen MR) is 95.9 cm³/mol. The molecule has 0 saturated heterocycles. The van der Waals surface area contributed by atoms with Gasteiger partial charge in [-0.25, -0.2) is 0 Å². The molecule has 1 aromatic heterocycles. The van der Waals surface area contributed by atoms with E-state index in [1.54, 1.807) is 31.4 Å². The van der Waals surface area contributed by atoms with Gasteiger partial charge in [-0.15, -0.1) is 0 Å². The van der Waals surface area contributed by atoms with Gasteiger partial charge in [0.1, 0.15) is 5.75 Å². The van der Waals surface area contributed by atoms with Crippen molar-refractivity contribution in [3.8, 4) is 17.1 Å². The summed E-state index contributed by atoms with van der Waals surface area (Å²) >= 11 is 0. The van der Waals surface area contributed by atoms with Crippen LogP contribution < -0.4 is 15.4 Å². The van der Waals surface area contributed by atoms with Gasteiger partial charge in [0.2, 0.25) is 5.91 Å². The minimum atomic E-state index is -0.494. The van der Waals surface area contributed by atoms with Crippen molar-refractivity contribution in [2.75, 3.05) is 19.0 Å². The summed E-state index contributed by atoms with van der Waals surface area (Å²) in [5.74, 6) is 0.275. The number of carbonyl (C=O) groups excluding carboxylic acids is 2. The first-order valence-electron chi connectivity index (χ1n) is 7.90. The molecule has 0 spiro atoms. The van der Waals surface area contributed by atoms with E-state index in [4.69, 9.17) is 9.26 Å². The van der Waals surface area contributed by atoms with E-state index in [1.807, 2.05) is 30.3 Å². The zero-order valence-electron chi connectivity index (χ0n) is 14.1. The van der Waals surface area contributed by atoms with E-state index in [9.17, 15) is 9.59 Å². The molecule has 0 aliphatic carbocycles. The number of hydrogen-bond donors (Lipinski definition) is 2. The van der Waals surface area contributed by atoms with Crippen LogP contribution in [0.5, 0.6) is 5.75 Å². The van der Waals surface area contributed by atoms with Gasteiger partial charge in [-0.05, 0) is 24.3 Å². The molecule has 0 fully saturated rings. The van der Waals surface area contributed by atoms with Gasteiger partial charge in [0, 0.05) is 17.3 Å². The van der Waals surface area contributed by atoms with Crippen molar-refractivity contribution in [3.63, 3.8) is 0 Å². The maximum atomic E-state index is 12.1. The average Bonchev–Trinajstić information content (AvgIpc) is 3.17. The van der Waals surface area contributed by atoms with E-state index in [1.165, 1.54) is 6.07 Å². The Morgan fingerprint density at radius 3 is 2.65 bits per heavy atom. The topological polar surface area (TPSA) is 93.5 Å². The molecule has 0 aliphatic rings. The van der Waals surface area contributed by atoms with E-state index >= 15 is 0 Å². The molecule has 3 aromatic rings. The number of nitrogens with one attached hydrogen (secondary N) is 2. The third kappa shape index (κ3) is 4.27. The van der Waals surface area contributed by atoms with Crippen LogP contribution in [-0.4, -0.2) is 30.6 Å². The first-order chi connectivity index (χ1) is 12.7. The zero-order chi connectivity index (χ0) is 18.4. The molecular formula is C19H17N3O4. The number of nitrogens with zero attached hydrogens (tertiary/aromatic N) is 1. The molecule has 0 unspecified atom stereocenters. The van der Waals surface area contributed by atoms with Crippen LogP contribution >= 0.6 is 0 Å². The lowest BCUT2D eigenvalue weighted by Gasteiger charge is -2.05. The largest absolute Gasteiger partial charge is 0.497 e. The van der Waals surface area contributed by atoms with Crippen molar-refractivity contribution in [1.29, 1.82) is 0 Å². The lowest BCUT2D eigenvalue weighted by molar-refractivity contribution is -0.115. The van der Waals surface area contributed by atoms with Crippen LogP contribution in [0.2, 0.25) is 0 Å². The summed E-state index contributed by atoms with van der Waals surface area (Å²) in [5.41, 5.74) is 1.49. The van der Waals surface area contributed by atoms with Crippen LogP contribution in [0, 0.1) is 0 Å². The van der Waals surface area contributed by atoms with Crippen LogP contribution in [0.25, 0.3) is 11.3 Å². The highest BCUT2D eigenvalue weighted by Crippen LogP contribution is 2.24. The van der Waals surface area contributed by atoms with E-state index in [0.29, 0.717) is 17.2 Å². The summed E-state index contributed by atoms with van der Waals surface area (Å²) in [6.45, 7) is -0.172. The molecule has 2 N–H and O–H groups in total. The summed E-state index contributed by atoms with van der Waals surface area (Å²) in [4.78, 5) is 24.0. The first kappa shape index (κ1) is 17.2. The van der Waals surface area contributed by atoms with Crippen LogP contribution in [-0.2, 0) is 4.79 Å². The normalized spacial score (nSPS) is 10.2. The molecule has 26 heavy (non-hydrogen) atoms. The van der Waals surface area contributed by atoms with E-state index in [-0.39, 0.29) is 18.1 Å². The molecule has 0 atom stereocenters. The number of para-hydroxylation sites is 1. The van der Waals surface area contributed by atoms with Gasteiger partial charge in [0.05, 0.1) is 13.7 Å². The van der Waals surface area contributed by atoms with Crippen LogP contribution in [0.1, 0.15) is 10.5 Å².